The number of hydrogen-bond acceptors (Lipinski definition) is 2. The van der Waals surface area contributed by atoms with Gasteiger partial charge in [-0.1, -0.05) is 18.2 Å². The summed E-state index contributed by atoms with van der Waals surface area (Å²) < 4.78 is 66.7. The highest BCUT2D eigenvalue weighted by molar-refractivity contribution is 5.96. The summed E-state index contributed by atoms with van der Waals surface area (Å²) in [5.74, 6) is -13.6. The van der Waals surface area contributed by atoms with Crippen LogP contribution in [0.4, 0.5) is 22.0 Å². The maximum Gasteiger partial charge on any atom is 0.326 e. The predicted octanol–water partition coefficient (Wildman–Crippen LogP) is 2.81. The molecule has 0 saturated carbocycles. The number of carboxylic acids is 1. The summed E-state index contributed by atoms with van der Waals surface area (Å²) in [6.07, 6.45) is -1.13. The molecule has 0 aliphatic rings. The van der Waals surface area contributed by atoms with Crippen molar-refractivity contribution < 1.29 is 36.6 Å². The van der Waals surface area contributed by atoms with Crippen LogP contribution in [0.2, 0.25) is 0 Å². The number of halogens is 5. The van der Waals surface area contributed by atoms with Crippen LogP contribution in [0, 0.1) is 29.1 Å². The molecule has 0 aliphatic carbocycles. The molecule has 132 valence electrons. The van der Waals surface area contributed by atoms with Crippen LogP contribution < -0.4 is 5.32 Å². The average molecular weight is 359 g/mol. The zero-order chi connectivity index (χ0) is 18.7. The summed E-state index contributed by atoms with van der Waals surface area (Å²) in [5, 5.41) is 11.1. The van der Waals surface area contributed by atoms with Gasteiger partial charge in [-0.3, -0.25) is 4.79 Å². The van der Waals surface area contributed by atoms with Crippen LogP contribution in [0.15, 0.2) is 30.3 Å². The minimum Gasteiger partial charge on any atom is -0.480 e. The first-order chi connectivity index (χ1) is 11.7. The summed E-state index contributed by atoms with van der Waals surface area (Å²) in [6, 6.07) is 5.39. The number of carbonyl (C=O) groups is 2. The SMILES string of the molecule is O=C(NC(Cc1c(F)c(F)c(F)c(F)c1F)C(=O)O)c1ccccc1. The fourth-order valence-electron chi connectivity index (χ4n) is 2.06. The highest BCUT2D eigenvalue weighted by Crippen LogP contribution is 2.24. The Morgan fingerprint density at radius 2 is 1.36 bits per heavy atom. The third-order valence-electron chi connectivity index (χ3n) is 3.35. The standard InChI is InChI=1S/C16H10F5NO3/c17-10-8(11(18)13(20)14(21)12(10)19)6-9(16(24)25)22-15(23)7-4-2-1-3-5-7/h1-5,9H,6H2,(H,22,23)(H,24,25). The van der Waals surface area contributed by atoms with Crippen LogP contribution in [0.5, 0.6) is 0 Å². The second-order valence-electron chi connectivity index (χ2n) is 4.98. The van der Waals surface area contributed by atoms with Crippen LogP contribution in [0.3, 0.4) is 0 Å². The lowest BCUT2D eigenvalue weighted by Gasteiger charge is -2.16. The number of amides is 1. The van der Waals surface area contributed by atoms with Crippen molar-refractivity contribution in [1.29, 1.82) is 0 Å². The molecule has 0 bridgehead atoms. The molecule has 1 amide bonds. The van der Waals surface area contributed by atoms with Gasteiger partial charge in [-0.15, -0.1) is 0 Å². The number of hydrogen-bond donors (Lipinski definition) is 2. The molecule has 25 heavy (non-hydrogen) atoms. The molecule has 2 N–H and O–H groups in total. The van der Waals surface area contributed by atoms with Crippen molar-refractivity contribution in [3.8, 4) is 0 Å². The van der Waals surface area contributed by atoms with Gasteiger partial charge >= 0.3 is 5.97 Å². The van der Waals surface area contributed by atoms with E-state index in [0.717, 1.165) is 0 Å². The number of nitrogens with one attached hydrogen (secondary N) is 1. The highest BCUT2D eigenvalue weighted by Gasteiger charge is 2.30. The van der Waals surface area contributed by atoms with Gasteiger partial charge in [0.1, 0.15) is 6.04 Å². The van der Waals surface area contributed by atoms with Gasteiger partial charge in [0.2, 0.25) is 5.82 Å². The Morgan fingerprint density at radius 1 is 0.880 bits per heavy atom. The van der Waals surface area contributed by atoms with E-state index in [4.69, 9.17) is 5.11 Å². The monoisotopic (exact) mass is 359 g/mol. The molecular weight excluding hydrogens is 349 g/mol. The Labute approximate surface area is 137 Å². The van der Waals surface area contributed by atoms with E-state index in [2.05, 4.69) is 0 Å². The lowest BCUT2D eigenvalue weighted by atomic mass is 10.0. The molecule has 1 atom stereocenters. The molecule has 4 nitrogen and oxygen atoms in total. The third-order valence-corrected chi connectivity index (χ3v) is 3.35. The minimum atomic E-state index is -2.35. The van der Waals surface area contributed by atoms with E-state index in [1.807, 2.05) is 5.32 Å². The fourth-order valence-corrected chi connectivity index (χ4v) is 2.06. The van der Waals surface area contributed by atoms with E-state index in [0.29, 0.717) is 0 Å². The van der Waals surface area contributed by atoms with Gasteiger partial charge in [-0.25, -0.2) is 26.7 Å². The van der Waals surface area contributed by atoms with Crippen molar-refractivity contribution in [2.75, 3.05) is 0 Å². The maximum atomic E-state index is 13.7. The van der Waals surface area contributed by atoms with Crippen molar-refractivity contribution in [3.63, 3.8) is 0 Å². The molecule has 0 radical (unpaired) electrons. The van der Waals surface area contributed by atoms with E-state index in [9.17, 15) is 31.5 Å². The summed E-state index contributed by atoms with van der Waals surface area (Å²) in [5.41, 5.74) is -1.26. The molecule has 9 heteroatoms. The third kappa shape index (κ3) is 3.76. The zero-order valence-corrected chi connectivity index (χ0v) is 12.3. The van der Waals surface area contributed by atoms with Crippen LogP contribution in [-0.2, 0) is 11.2 Å². The Kier molecular flexibility index (Phi) is 5.35. The van der Waals surface area contributed by atoms with Gasteiger partial charge in [0.05, 0.1) is 0 Å². The number of benzene rings is 2. The Bertz CT molecular complexity index is 797. The highest BCUT2D eigenvalue weighted by atomic mass is 19.2. The van der Waals surface area contributed by atoms with Gasteiger partial charge in [0.25, 0.3) is 5.91 Å². The first kappa shape index (κ1) is 18.4. The maximum absolute atomic E-state index is 13.7. The number of carboxylic acid groups (broad SMARTS) is 1. The molecule has 0 aliphatic heterocycles. The van der Waals surface area contributed by atoms with Crippen molar-refractivity contribution in [1.82, 2.24) is 5.32 Å². The summed E-state index contributed by atoms with van der Waals surface area (Å²) in [7, 11) is 0. The first-order valence-electron chi connectivity index (χ1n) is 6.83. The van der Waals surface area contributed by atoms with Gasteiger partial charge in [0, 0.05) is 17.5 Å². The fraction of sp³-hybridized carbons (Fsp3) is 0.125. The molecule has 2 aromatic carbocycles. The van der Waals surface area contributed by atoms with Crippen molar-refractivity contribution >= 4 is 11.9 Å². The minimum absolute atomic E-state index is 0.0613. The predicted molar refractivity (Wildman–Crippen MR) is 75.3 cm³/mol. The van der Waals surface area contributed by atoms with E-state index < -0.39 is 59.0 Å². The van der Waals surface area contributed by atoms with Crippen LogP contribution in [0.1, 0.15) is 15.9 Å². The van der Waals surface area contributed by atoms with E-state index in [1.54, 1.807) is 6.07 Å². The Morgan fingerprint density at radius 3 is 1.84 bits per heavy atom. The second-order valence-corrected chi connectivity index (χ2v) is 4.98. The van der Waals surface area contributed by atoms with Gasteiger partial charge < -0.3 is 10.4 Å². The van der Waals surface area contributed by atoms with E-state index in [1.165, 1.54) is 24.3 Å². The second kappa shape index (κ2) is 7.29. The lowest BCUT2D eigenvalue weighted by molar-refractivity contribution is -0.139. The average Bonchev–Trinajstić information content (AvgIpc) is 2.61. The number of carbonyl (C=O) groups excluding carboxylic acids is 1. The summed E-state index contributed by atoms with van der Waals surface area (Å²) >= 11 is 0. The topological polar surface area (TPSA) is 66.4 Å². The number of aliphatic carboxylic acids is 1. The molecule has 0 spiro atoms. The van der Waals surface area contributed by atoms with Gasteiger partial charge in [0.15, 0.2) is 23.3 Å². The van der Waals surface area contributed by atoms with Gasteiger partial charge in [-0.2, -0.15) is 0 Å². The normalized spacial score (nSPS) is 11.9. The number of rotatable bonds is 5. The molecule has 2 rings (SSSR count). The molecular formula is C16H10F5NO3. The van der Waals surface area contributed by atoms with Crippen molar-refractivity contribution in [3.05, 3.63) is 70.5 Å². The summed E-state index contributed by atoms with van der Waals surface area (Å²) in [6.45, 7) is 0. The van der Waals surface area contributed by atoms with Crippen LogP contribution >= 0.6 is 0 Å². The first-order valence-corrected chi connectivity index (χ1v) is 6.83. The molecule has 2 aromatic rings. The zero-order valence-electron chi connectivity index (χ0n) is 12.3. The van der Waals surface area contributed by atoms with Gasteiger partial charge in [-0.05, 0) is 12.1 Å². The smallest absolute Gasteiger partial charge is 0.326 e. The largest absolute Gasteiger partial charge is 0.480 e. The van der Waals surface area contributed by atoms with Crippen molar-refractivity contribution in [2.24, 2.45) is 0 Å². The molecule has 0 saturated heterocycles. The molecule has 0 aromatic heterocycles. The van der Waals surface area contributed by atoms with E-state index >= 15 is 0 Å². The quantitative estimate of drug-likeness (QED) is 0.490. The van der Waals surface area contributed by atoms with Crippen molar-refractivity contribution in [2.45, 2.75) is 12.5 Å². The van der Waals surface area contributed by atoms with E-state index in [-0.39, 0.29) is 5.56 Å². The molecule has 1 unspecified atom stereocenters. The Hall–Kier alpha value is -2.97. The lowest BCUT2D eigenvalue weighted by Crippen LogP contribution is -2.42. The molecule has 0 heterocycles. The van der Waals surface area contributed by atoms with Crippen LogP contribution in [-0.4, -0.2) is 23.0 Å². The van der Waals surface area contributed by atoms with Crippen LogP contribution in [0.25, 0.3) is 0 Å². The summed E-state index contributed by atoms with van der Waals surface area (Å²) in [4.78, 5) is 23.1. The molecule has 0 fully saturated rings. The Balaban J connectivity index is 2.32.